The molecule has 48 valence electrons. The molecule has 0 aromatic rings. The fourth-order valence-corrected chi connectivity index (χ4v) is 0.0863. The number of alkyl halides is 3. The van der Waals surface area contributed by atoms with Crippen LogP contribution >= 0.6 is 11.6 Å². The van der Waals surface area contributed by atoms with Gasteiger partial charge in [-0.05, 0) is 11.6 Å². The summed E-state index contributed by atoms with van der Waals surface area (Å²) in [5, 5.41) is 3.13. The largest absolute Gasteiger partial charge is 0.427 e. The van der Waals surface area contributed by atoms with Crippen molar-refractivity contribution in [1.29, 1.82) is 0 Å². The third kappa shape index (κ3) is 2.04. The minimum absolute atomic E-state index is 2.18. The number of rotatable bonds is 1. The fraction of sp³-hybridized carbons (Fsp3) is 0.500. The molecule has 0 aliphatic heterocycles. The Kier molecular flexibility index (Phi) is 2.12. The summed E-state index contributed by atoms with van der Waals surface area (Å²) in [6.07, 6.45) is 0. The second-order valence-electron chi connectivity index (χ2n) is 0.877. The van der Waals surface area contributed by atoms with Crippen molar-refractivity contribution in [3.63, 3.8) is 0 Å². The molecule has 0 fully saturated rings. The predicted molar refractivity (Wildman–Crippen MR) is 19.5 cm³/mol. The quantitative estimate of drug-likeness (QED) is 0.339. The molecule has 0 aromatic heterocycles. The molecule has 0 amide bonds. The van der Waals surface area contributed by atoms with Crippen LogP contribution in [0.2, 0.25) is 0 Å². The van der Waals surface area contributed by atoms with Crippen molar-refractivity contribution >= 4 is 17.6 Å². The number of halogens is 3. The Hall–Kier alpha value is -0.420. The lowest BCUT2D eigenvalue weighted by Crippen LogP contribution is -2.22. The Morgan fingerprint density at radius 1 is 1.75 bits per heavy atom. The first-order chi connectivity index (χ1) is 3.48. The van der Waals surface area contributed by atoms with Crippen LogP contribution in [0.15, 0.2) is 0 Å². The van der Waals surface area contributed by atoms with E-state index >= 15 is 0 Å². The molecule has 0 aliphatic carbocycles. The maximum absolute atomic E-state index is 11.2. The molecule has 0 radical (unpaired) electrons. The lowest BCUT2D eigenvalue weighted by atomic mass is 10.7. The maximum Gasteiger partial charge on any atom is 0.427 e. The zero-order valence-electron chi connectivity index (χ0n) is 3.40. The molecule has 0 unspecified atom stereocenters. The Morgan fingerprint density at radius 2 is 2.12 bits per heavy atom. The molecule has 0 saturated carbocycles. The molecule has 0 bridgehead atoms. The van der Waals surface area contributed by atoms with Gasteiger partial charge in [-0.1, -0.05) is 0 Å². The summed E-state index contributed by atoms with van der Waals surface area (Å²) in [6.45, 7) is 0. The molecule has 8 heavy (non-hydrogen) atoms. The second kappa shape index (κ2) is 2.23. The molecule has 0 heterocycles. The van der Waals surface area contributed by atoms with Crippen LogP contribution < -0.4 is 0 Å². The standard InChI is InChI=1S/C2HClF2O3/c3-2(4,5)1(6)8-7/h7H. The highest BCUT2D eigenvalue weighted by atomic mass is 35.5. The highest BCUT2D eigenvalue weighted by Crippen LogP contribution is 2.19. The maximum atomic E-state index is 11.2. The van der Waals surface area contributed by atoms with Crippen LogP contribution in [-0.4, -0.2) is 16.6 Å². The number of hydrogen-bond donors (Lipinski definition) is 1. The van der Waals surface area contributed by atoms with E-state index in [4.69, 9.17) is 5.26 Å². The van der Waals surface area contributed by atoms with Crippen molar-refractivity contribution in [2.24, 2.45) is 0 Å². The Labute approximate surface area is 47.7 Å². The van der Waals surface area contributed by atoms with Gasteiger partial charge in [-0.3, -0.25) is 4.89 Å². The first kappa shape index (κ1) is 7.58. The van der Waals surface area contributed by atoms with Crippen molar-refractivity contribution < 1.29 is 23.7 Å². The van der Waals surface area contributed by atoms with Gasteiger partial charge in [-0.2, -0.15) is 14.0 Å². The lowest BCUT2D eigenvalue weighted by molar-refractivity contribution is -0.248. The van der Waals surface area contributed by atoms with Gasteiger partial charge >= 0.3 is 11.4 Å². The molecular weight excluding hydrogens is 145 g/mol. The van der Waals surface area contributed by atoms with Crippen LogP contribution in [0.5, 0.6) is 0 Å². The minimum Gasteiger partial charge on any atom is -0.292 e. The average molecular weight is 146 g/mol. The van der Waals surface area contributed by atoms with E-state index in [0.29, 0.717) is 0 Å². The Morgan fingerprint density at radius 3 is 2.12 bits per heavy atom. The van der Waals surface area contributed by atoms with Crippen molar-refractivity contribution in [3.8, 4) is 0 Å². The predicted octanol–water partition coefficient (Wildman–Crippen LogP) is 0.834. The van der Waals surface area contributed by atoms with Gasteiger partial charge in [-0.25, -0.2) is 4.79 Å². The van der Waals surface area contributed by atoms with Gasteiger partial charge in [0, 0.05) is 0 Å². The van der Waals surface area contributed by atoms with Gasteiger partial charge in [0.15, 0.2) is 0 Å². The zero-order valence-corrected chi connectivity index (χ0v) is 4.15. The van der Waals surface area contributed by atoms with E-state index in [1.807, 2.05) is 0 Å². The van der Waals surface area contributed by atoms with E-state index in [1.165, 1.54) is 0 Å². The van der Waals surface area contributed by atoms with Gasteiger partial charge in [-0.15, -0.1) is 0 Å². The minimum atomic E-state index is -4.13. The van der Waals surface area contributed by atoms with E-state index in [9.17, 15) is 13.6 Å². The fourth-order valence-electron chi connectivity index (χ4n) is 0.0518. The van der Waals surface area contributed by atoms with Crippen LogP contribution in [0.1, 0.15) is 0 Å². The third-order valence-corrected chi connectivity index (χ3v) is 0.469. The number of hydrogen-bond acceptors (Lipinski definition) is 3. The van der Waals surface area contributed by atoms with Crippen molar-refractivity contribution in [1.82, 2.24) is 0 Å². The summed E-state index contributed by atoms with van der Waals surface area (Å²) < 4.78 is 22.5. The molecule has 0 atom stereocenters. The van der Waals surface area contributed by atoms with Crippen LogP contribution in [0, 0.1) is 0 Å². The van der Waals surface area contributed by atoms with E-state index in [2.05, 4.69) is 16.5 Å². The average Bonchev–Trinajstić information content (AvgIpc) is 1.62. The van der Waals surface area contributed by atoms with Gasteiger partial charge in [0.05, 0.1) is 0 Å². The molecule has 0 spiro atoms. The van der Waals surface area contributed by atoms with Crippen molar-refractivity contribution in [2.75, 3.05) is 0 Å². The van der Waals surface area contributed by atoms with Crippen molar-refractivity contribution in [2.45, 2.75) is 5.38 Å². The van der Waals surface area contributed by atoms with Crippen LogP contribution in [-0.2, 0) is 9.68 Å². The van der Waals surface area contributed by atoms with Crippen LogP contribution in [0.4, 0.5) is 8.78 Å². The molecule has 0 aromatic carbocycles. The SMILES string of the molecule is O=C(OO)C(F)(F)Cl. The van der Waals surface area contributed by atoms with E-state index in [1.54, 1.807) is 0 Å². The van der Waals surface area contributed by atoms with Gasteiger partial charge in [0.2, 0.25) is 0 Å². The second-order valence-corrected chi connectivity index (χ2v) is 1.35. The molecule has 0 saturated heterocycles. The van der Waals surface area contributed by atoms with Crippen LogP contribution in [0.25, 0.3) is 0 Å². The summed E-state index contributed by atoms with van der Waals surface area (Å²) in [6, 6.07) is 0. The Bertz CT molecular complexity index is 97.9. The molecule has 0 aliphatic rings. The molecular formula is C2HClF2O3. The van der Waals surface area contributed by atoms with Crippen LogP contribution in [0.3, 0.4) is 0 Å². The van der Waals surface area contributed by atoms with Gasteiger partial charge in [0.1, 0.15) is 0 Å². The molecule has 0 rings (SSSR count). The van der Waals surface area contributed by atoms with E-state index in [0.717, 1.165) is 0 Å². The summed E-state index contributed by atoms with van der Waals surface area (Å²) in [5.41, 5.74) is 0. The zero-order chi connectivity index (χ0) is 6.78. The first-order valence-electron chi connectivity index (χ1n) is 1.41. The van der Waals surface area contributed by atoms with E-state index < -0.39 is 11.4 Å². The summed E-state index contributed by atoms with van der Waals surface area (Å²) >= 11 is 4.02. The number of carbonyl (C=O) groups is 1. The van der Waals surface area contributed by atoms with Crippen molar-refractivity contribution in [3.05, 3.63) is 0 Å². The summed E-state index contributed by atoms with van der Waals surface area (Å²) in [5.74, 6) is -2.18. The highest BCUT2D eigenvalue weighted by molar-refractivity contribution is 6.31. The third-order valence-electron chi connectivity index (χ3n) is 0.314. The lowest BCUT2D eigenvalue weighted by Gasteiger charge is -1.99. The van der Waals surface area contributed by atoms with Gasteiger partial charge < -0.3 is 0 Å². The monoisotopic (exact) mass is 146 g/mol. The normalized spacial score (nSPS) is 11.0. The number of carbonyl (C=O) groups excluding carboxylic acids is 1. The molecule has 6 heteroatoms. The summed E-state index contributed by atoms with van der Waals surface area (Å²) in [7, 11) is 0. The first-order valence-corrected chi connectivity index (χ1v) is 1.79. The molecule has 1 N–H and O–H groups in total. The highest BCUT2D eigenvalue weighted by Gasteiger charge is 2.38. The van der Waals surface area contributed by atoms with E-state index in [-0.39, 0.29) is 0 Å². The Balaban J connectivity index is 3.82. The molecule has 3 nitrogen and oxygen atoms in total. The smallest absolute Gasteiger partial charge is 0.292 e. The van der Waals surface area contributed by atoms with Gasteiger partial charge in [0.25, 0.3) is 0 Å². The topological polar surface area (TPSA) is 46.5 Å². The summed E-state index contributed by atoms with van der Waals surface area (Å²) in [4.78, 5) is 12.1.